The van der Waals surface area contributed by atoms with E-state index in [2.05, 4.69) is 0 Å². The molecule has 2 aromatic carbocycles. The number of hydrogen-bond acceptors (Lipinski definition) is 4. The second kappa shape index (κ2) is 7.73. The summed E-state index contributed by atoms with van der Waals surface area (Å²) < 4.78 is 5.48. The molecule has 3 aromatic rings. The molecule has 0 amide bonds. The van der Waals surface area contributed by atoms with Crippen molar-refractivity contribution in [3.8, 4) is 11.1 Å². The van der Waals surface area contributed by atoms with Gasteiger partial charge in [-0.25, -0.2) is 0 Å². The summed E-state index contributed by atoms with van der Waals surface area (Å²) in [6.07, 6.45) is 0.722. The summed E-state index contributed by atoms with van der Waals surface area (Å²) in [5.41, 5.74) is 2.12. The van der Waals surface area contributed by atoms with Gasteiger partial charge >= 0.3 is 11.9 Å². The fraction of sp³-hybridized carbons (Fsp3) is 0.0556. The number of carbonyl (C=O) groups is 2. The van der Waals surface area contributed by atoms with Crippen molar-refractivity contribution in [2.24, 2.45) is 0 Å². The molecule has 0 aliphatic carbocycles. The molecule has 0 saturated heterocycles. The standard InChI is InChI=1S/C15H10O2.C3H4O4/c16-15-12-8-4-5-9-14(12)17-10-13(15)11-6-2-1-3-7-11;4-2(5)1-3(6)7/h1-10H;1H2,(H,4,5)(H,6,7). The van der Waals surface area contributed by atoms with E-state index in [0.717, 1.165) is 5.56 Å². The number of carboxylic acid groups (broad SMARTS) is 2. The molecule has 0 radical (unpaired) electrons. The Balaban J connectivity index is 0.000000256. The van der Waals surface area contributed by atoms with Crippen LogP contribution < -0.4 is 5.43 Å². The van der Waals surface area contributed by atoms with Gasteiger partial charge in [0.1, 0.15) is 18.3 Å². The van der Waals surface area contributed by atoms with Crippen LogP contribution in [0.25, 0.3) is 22.1 Å². The van der Waals surface area contributed by atoms with Crippen LogP contribution in [0.1, 0.15) is 6.42 Å². The van der Waals surface area contributed by atoms with Crippen LogP contribution in [0.15, 0.2) is 70.1 Å². The Morgan fingerprint density at radius 2 is 1.46 bits per heavy atom. The molecule has 1 aromatic heterocycles. The molecule has 2 N–H and O–H groups in total. The van der Waals surface area contributed by atoms with Gasteiger partial charge in [0, 0.05) is 0 Å². The first-order chi connectivity index (χ1) is 11.5. The molecule has 0 aliphatic heterocycles. The predicted octanol–water partition coefficient (Wildman–Crippen LogP) is 3.01. The maximum atomic E-state index is 12.3. The zero-order valence-electron chi connectivity index (χ0n) is 12.5. The van der Waals surface area contributed by atoms with Crippen LogP contribution in [-0.2, 0) is 9.59 Å². The van der Waals surface area contributed by atoms with Crippen molar-refractivity contribution in [1.82, 2.24) is 0 Å². The number of carboxylic acids is 2. The summed E-state index contributed by atoms with van der Waals surface area (Å²) in [6.45, 7) is 0. The van der Waals surface area contributed by atoms with Crippen LogP contribution in [-0.4, -0.2) is 22.2 Å². The van der Waals surface area contributed by atoms with Gasteiger partial charge in [0.2, 0.25) is 0 Å². The molecule has 0 unspecified atom stereocenters. The number of benzene rings is 2. The average Bonchev–Trinajstić information content (AvgIpc) is 2.55. The Hall–Kier alpha value is -3.41. The zero-order valence-corrected chi connectivity index (χ0v) is 12.5. The lowest BCUT2D eigenvalue weighted by Crippen LogP contribution is -2.04. The van der Waals surface area contributed by atoms with Crippen molar-refractivity contribution in [2.45, 2.75) is 6.42 Å². The van der Waals surface area contributed by atoms with Crippen molar-refractivity contribution in [3.05, 3.63) is 71.1 Å². The van der Waals surface area contributed by atoms with Gasteiger partial charge in [0.05, 0.1) is 10.9 Å². The Morgan fingerprint density at radius 3 is 2.04 bits per heavy atom. The Labute approximate surface area is 136 Å². The highest BCUT2D eigenvalue weighted by Gasteiger charge is 2.07. The summed E-state index contributed by atoms with van der Waals surface area (Å²) in [4.78, 5) is 31.1. The maximum Gasteiger partial charge on any atom is 0.314 e. The Morgan fingerprint density at radius 1 is 0.875 bits per heavy atom. The first-order valence-corrected chi connectivity index (χ1v) is 6.98. The molecular formula is C18H14O6. The van der Waals surface area contributed by atoms with Gasteiger partial charge in [-0.2, -0.15) is 0 Å². The molecule has 0 fully saturated rings. The second-order valence-electron chi connectivity index (χ2n) is 4.80. The minimum Gasteiger partial charge on any atom is -0.481 e. The van der Waals surface area contributed by atoms with Gasteiger partial charge in [-0.05, 0) is 17.7 Å². The minimum absolute atomic E-state index is 0.0121. The van der Waals surface area contributed by atoms with E-state index in [1.807, 2.05) is 42.5 Å². The highest BCUT2D eigenvalue weighted by molar-refractivity contribution is 5.88. The molecule has 0 saturated carbocycles. The molecular weight excluding hydrogens is 312 g/mol. The van der Waals surface area contributed by atoms with Crippen LogP contribution in [0.4, 0.5) is 0 Å². The third-order valence-corrected chi connectivity index (χ3v) is 3.07. The lowest BCUT2D eigenvalue weighted by Gasteiger charge is -2.01. The summed E-state index contributed by atoms with van der Waals surface area (Å²) in [7, 11) is 0. The van der Waals surface area contributed by atoms with Crippen LogP contribution >= 0.6 is 0 Å². The van der Waals surface area contributed by atoms with Gasteiger partial charge in [-0.1, -0.05) is 42.5 Å². The number of hydrogen-bond donors (Lipinski definition) is 2. The van der Waals surface area contributed by atoms with Crippen molar-refractivity contribution in [3.63, 3.8) is 0 Å². The molecule has 24 heavy (non-hydrogen) atoms. The predicted molar refractivity (Wildman–Crippen MR) is 87.8 cm³/mol. The number of para-hydroxylation sites is 1. The monoisotopic (exact) mass is 326 g/mol. The van der Waals surface area contributed by atoms with E-state index in [1.54, 1.807) is 12.1 Å². The lowest BCUT2D eigenvalue weighted by atomic mass is 10.1. The molecule has 6 nitrogen and oxygen atoms in total. The zero-order chi connectivity index (χ0) is 17.5. The second-order valence-corrected chi connectivity index (χ2v) is 4.80. The highest BCUT2D eigenvalue weighted by atomic mass is 16.4. The van der Waals surface area contributed by atoms with Crippen LogP contribution in [0.5, 0.6) is 0 Å². The van der Waals surface area contributed by atoms with Gasteiger partial charge < -0.3 is 14.6 Å². The molecule has 1 heterocycles. The molecule has 6 heteroatoms. The fourth-order valence-electron chi connectivity index (χ4n) is 2.02. The average molecular weight is 326 g/mol. The molecule has 3 rings (SSSR count). The summed E-state index contributed by atoms with van der Waals surface area (Å²) in [5, 5.41) is 16.0. The van der Waals surface area contributed by atoms with Gasteiger partial charge in [-0.3, -0.25) is 14.4 Å². The maximum absolute atomic E-state index is 12.3. The molecule has 0 aliphatic rings. The number of fused-ring (bicyclic) bond motifs is 1. The van der Waals surface area contributed by atoms with Gasteiger partial charge in [0.15, 0.2) is 5.43 Å². The van der Waals surface area contributed by atoms with Crippen molar-refractivity contribution >= 4 is 22.9 Å². The first kappa shape index (κ1) is 17.0. The largest absolute Gasteiger partial charge is 0.481 e. The van der Waals surface area contributed by atoms with E-state index >= 15 is 0 Å². The molecule has 0 bridgehead atoms. The lowest BCUT2D eigenvalue weighted by molar-refractivity contribution is -0.147. The third kappa shape index (κ3) is 4.30. The number of rotatable bonds is 3. The molecule has 0 spiro atoms. The van der Waals surface area contributed by atoms with Crippen molar-refractivity contribution in [2.75, 3.05) is 0 Å². The van der Waals surface area contributed by atoms with Crippen molar-refractivity contribution < 1.29 is 24.2 Å². The van der Waals surface area contributed by atoms with E-state index < -0.39 is 18.4 Å². The first-order valence-electron chi connectivity index (χ1n) is 6.98. The van der Waals surface area contributed by atoms with Crippen LogP contribution in [0.3, 0.4) is 0 Å². The molecule has 0 atom stereocenters. The highest BCUT2D eigenvalue weighted by Crippen LogP contribution is 2.18. The Kier molecular flexibility index (Phi) is 5.46. The van der Waals surface area contributed by atoms with Gasteiger partial charge in [0.25, 0.3) is 0 Å². The number of aliphatic carboxylic acids is 2. The summed E-state index contributed by atoms with van der Waals surface area (Å²) in [6, 6.07) is 16.8. The van der Waals surface area contributed by atoms with E-state index in [9.17, 15) is 14.4 Å². The quantitative estimate of drug-likeness (QED) is 0.717. The Bertz CT molecular complexity index is 899. The third-order valence-electron chi connectivity index (χ3n) is 3.07. The fourth-order valence-corrected chi connectivity index (χ4v) is 2.02. The van der Waals surface area contributed by atoms with Crippen molar-refractivity contribution in [1.29, 1.82) is 0 Å². The van der Waals surface area contributed by atoms with E-state index in [1.165, 1.54) is 6.26 Å². The van der Waals surface area contributed by atoms with Crippen LogP contribution in [0.2, 0.25) is 0 Å². The van der Waals surface area contributed by atoms with E-state index in [-0.39, 0.29) is 5.43 Å². The van der Waals surface area contributed by atoms with E-state index in [0.29, 0.717) is 16.5 Å². The topological polar surface area (TPSA) is 105 Å². The summed E-state index contributed by atoms with van der Waals surface area (Å²) in [5.74, 6) is -2.62. The van der Waals surface area contributed by atoms with E-state index in [4.69, 9.17) is 14.6 Å². The smallest absolute Gasteiger partial charge is 0.314 e. The normalized spacial score (nSPS) is 9.83. The summed E-state index contributed by atoms with van der Waals surface area (Å²) >= 11 is 0. The van der Waals surface area contributed by atoms with Gasteiger partial charge in [-0.15, -0.1) is 0 Å². The minimum atomic E-state index is -1.31. The van der Waals surface area contributed by atoms with Crippen LogP contribution in [0, 0.1) is 0 Å². The molecule has 122 valence electrons. The SMILES string of the molecule is O=C(O)CC(=O)O.O=c1c(-c2ccccc2)coc2ccccc12.